The lowest BCUT2D eigenvalue weighted by Gasteiger charge is -2.12. The van der Waals surface area contributed by atoms with Crippen LogP contribution < -0.4 is 10.1 Å². The molecule has 6 nitrogen and oxygen atoms in total. The Balaban J connectivity index is 1.45. The second-order valence-electron chi connectivity index (χ2n) is 7.52. The number of nitrogens with zero attached hydrogens (tertiary/aromatic N) is 3. The van der Waals surface area contributed by atoms with Crippen molar-refractivity contribution in [3.8, 4) is 17.1 Å². The van der Waals surface area contributed by atoms with Crippen LogP contribution in [0.2, 0.25) is 0 Å². The fraction of sp³-hybridized carbons (Fsp3) is 0.348. The van der Waals surface area contributed by atoms with Crippen molar-refractivity contribution < 1.29 is 9.53 Å². The van der Waals surface area contributed by atoms with Crippen LogP contribution in [0.5, 0.6) is 5.75 Å². The Morgan fingerprint density at radius 3 is 2.86 bits per heavy atom. The van der Waals surface area contributed by atoms with E-state index in [1.165, 1.54) is 6.42 Å². The van der Waals surface area contributed by atoms with Gasteiger partial charge in [0.05, 0.1) is 0 Å². The van der Waals surface area contributed by atoms with Crippen LogP contribution in [0, 0.1) is 13.8 Å². The van der Waals surface area contributed by atoms with Crippen LogP contribution in [0.3, 0.4) is 0 Å². The van der Waals surface area contributed by atoms with Gasteiger partial charge in [0.15, 0.2) is 12.4 Å². The molecular weight excluding hydrogens is 364 g/mol. The molecule has 0 aliphatic carbocycles. The zero-order chi connectivity index (χ0) is 20.2. The van der Waals surface area contributed by atoms with Gasteiger partial charge < -0.3 is 14.6 Å². The molecule has 4 rings (SSSR count). The largest absolute Gasteiger partial charge is 0.483 e. The van der Waals surface area contributed by atoms with Gasteiger partial charge >= 0.3 is 0 Å². The molecule has 6 heteroatoms. The van der Waals surface area contributed by atoms with Crippen molar-refractivity contribution in [1.29, 1.82) is 0 Å². The first-order valence-corrected chi connectivity index (χ1v) is 10.1. The minimum atomic E-state index is -0.192. The molecule has 150 valence electrons. The lowest BCUT2D eigenvalue weighted by molar-refractivity contribution is -0.118. The molecule has 0 bridgehead atoms. The van der Waals surface area contributed by atoms with E-state index in [9.17, 15) is 4.79 Å². The highest BCUT2D eigenvalue weighted by molar-refractivity contribution is 5.92. The fourth-order valence-corrected chi connectivity index (χ4v) is 3.66. The summed E-state index contributed by atoms with van der Waals surface area (Å²) in [5, 5.41) is 11.7. The number of aromatic nitrogens is 3. The van der Waals surface area contributed by atoms with Crippen LogP contribution in [0.4, 0.5) is 5.69 Å². The van der Waals surface area contributed by atoms with Gasteiger partial charge in [-0.1, -0.05) is 30.7 Å². The van der Waals surface area contributed by atoms with E-state index in [-0.39, 0.29) is 12.5 Å². The first-order chi connectivity index (χ1) is 14.1. The highest BCUT2D eigenvalue weighted by Gasteiger charge is 2.16. The van der Waals surface area contributed by atoms with E-state index in [4.69, 9.17) is 4.74 Å². The maximum absolute atomic E-state index is 12.4. The lowest BCUT2D eigenvalue weighted by Crippen LogP contribution is -2.20. The van der Waals surface area contributed by atoms with Crippen molar-refractivity contribution in [2.24, 2.45) is 0 Å². The van der Waals surface area contributed by atoms with Gasteiger partial charge in [-0.15, -0.1) is 10.2 Å². The Morgan fingerprint density at radius 1 is 1.10 bits per heavy atom. The van der Waals surface area contributed by atoms with Gasteiger partial charge in [0.2, 0.25) is 0 Å². The first-order valence-electron chi connectivity index (χ1n) is 10.1. The summed E-state index contributed by atoms with van der Waals surface area (Å²) < 4.78 is 7.91. The Kier molecular flexibility index (Phi) is 5.60. The molecule has 1 amide bonds. The molecule has 0 saturated carbocycles. The lowest BCUT2D eigenvalue weighted by atomic mass is 10.1. The summed E-state index contributed by atoms with van der Waals surface area (Å²) in [6.45, 7) is 4.93. The average molecular weight is 390 g/mol. The van der Waals surface area contributed by atoms with Crippen LogP contribution in [0.15, 0.2) is 42.5 Å². The van der Waals surface area contributed by atoms with Crippen LogP contribution in [0.1, 0.15) is 36.2 Å². The maximum atomic E-state index is 12.4. The topological polar surface area (TPSA) is 69.0 Å². The molecule has 29 heavy (non-hydrogen) atoms. The van der Waals surface area contributed by atoms with Gasteiger partial charge in [-0.3, -0.25) is 4.79 Å². The van der Waals surface area contributed by atoms with E-state index in [1.807, 2.05) is 56.3 Å². The van der Waals surface area contributed by atoms with Crippen LogP contribution in [-0.2, 0) is 17.8 Å². The van der Waals surface area contributed by atoms with E-state index in [1.54, 1.807) is 0 Å². The summed E-state index contributed by atoms with van der Waals surface area (Å²) in [6.07, 6.45) is 4.50. The number of fused-ring (bicyclic) bond motifs is 1. The summed E-state index contributed by atoms with van der Waals surface area (Å²) in [4.78, 5) is 12.4. The molecule has 0 spiro atoms. The van der Waals surface area contributed by atoms with Gasteiger partial charge in [-0.05, 0) is 56.0 Å². The number of ether oxygens (including phenoxy) is 1. The van der Waals surface area contributed by atoms with Crippen molar-refractivity contribution in [2.75, 3.05) is 11.9 Å². The van der Waals surface area contributed by atoms with Crippen molar-refractivity contribution in [3.63, 3.8) is 0 Å². The molecule has 2 heterocycles. The van der Waals surface area contributed by atoms with E-state index < -0.39 is 0 Å². The van der Waals surface area contributed by atoms with Crippen LogP contribution in [0.25, 0.3) is 11.4 Å². The second-order valence-corrected chi connectivity index (χ2v) is 7.52. The number of carbonyl (C=O) groups excluding carboxylic acids is 1. The van der Waals surface area contributed by atoms with Crippen LogP contribution in [-0.4, -0.2) is 27.3 Å². The second kappa shape index (κ2) is 8.47. The van der Waals surface area contributed by atoms with Gasteiger partial charge in [0.1, 0.15) is 11.6 Å². The van der Waals surface area contributed by atoms with Crippen molar-refractivity contribution in [3.05, 3.63) is 59.4 Å². The molecule has 1 aliphatic rings. The van der Waals surface area contributed by atoms with Gasteiger partial charge in [-0.25, -0.2) is 0 Å². The average Bonchev–Trinajstić information content (AvgIpc) is 2.97. The fourth-order valence-electron chi connectivity index (χ4n) is 3.66. The number of hydrogen-bond acceptors (Lipinski definition) is 4. The number of benzene rings is 2. The quantitative estimate of drug-likeness (QED) is 0.705. The Hall–Kier alpha value is -3.15. The van der Waals surface area contributed by atoms with E-state index in [0.29, 0.717) is 0 Å². The molecular formula is C23H26N4O2. The third-order valence-electron chi connectivity index (χ3n) is 5.43. The predicted octanol–water partition coefficient (Wildman–Crippen LogP) is 4.31. The number of nitrogens with one attached hydrogen (secondary N) is 1. The highest BCUT2D eigenvalue weighted by atomic mass is 16.5. The number of aryl methyl sites for hydroxylation is 2. The van der Waals surface area contributed by atoms with E-state index in [0.717, 1.165) is 65.6 Å². The number of carbonyl (C=O) groups is 1. The van der Waals surface area contributed by atoms with Crippen molar-refractivity contribution in [2.45, 2.75) is 46.1 Å². The summed E-state index contributed by atoms with van der Waals surface area (Å²) in [5.74, 6) is 2.46. The monoisotopic (exact) mass is 390 g/mol. The third-order valence-corrected chi connectivity index (χ3v) is 5.43. The molecule has 0 radical (unpaired) electrons. The Morgan fingerprint density at radius 2 is 1.97 bits per heavy atom. The molecule has 1 aliphatic heterocycles. The van der Waals surface area contributed by atoms with Gasteiger partial charge in [0, 0.05) is 24.2 Å². The molecule has 0 unspecified atom stereocenters. The summed E-state index contributed by atoms with van der Waals surface area (Å²) in [7, 11) is 0. The molecule has 0 saturated heterocycles. The number of amides is 1. The molecule has 2 aromatic carbocycles. The number of rotatable bonds is 5. The number of anilines is 1. The predicted molar refractivity (Wildman–Crippen MR) is 113 cm³/mol. The third kappa shape index (κ3) is 4.31. The highest BCUT2D eigenvalue weighted by Crippen LogP contribution is 2.25. The minimum absolute atomic E-state index is 0.0329. The van der Waals surface area contributed by atoms with Crippen molar-refractivity contribution >= 4 is 11.6 Å². The van der Waals surface area contributed by atoms with Gasteiger partial charge in [0.25, 0.3) is 5.91 Å². The van der Waals surface area contributed by atoms with Crippen LogP contribution >= 0.6 is 0 Å². The first kappa shape index (κ1) is 19.2. The molecule has 0 fully saturated rings. The smallest absolute Gasteiger partial charge is 0.262 e. The Bertz CT molecular complexity index is 1030. The Labute approximate surface area is 170 Å². The zero-order valence-corrected chi connectivity index (χ0v) is 16.9. The zero-order valence-electron chi connectivity index (χ0n) is 16.9. The van der Waals surface area contributed by atoms with Crippen molar-refractivity contribution in [1.82, 2.24) is 14.8 Å². The van der Waals surface area contributed by atoms with Gasteiger partial charge in [-0.2, -0.15) is 0 Å². The normalized spacial score (nSPS) is 13.4. The molecule has 0 atom stereocenters. The summed E-state index contributed by atoms with van der Waals surface area (Å²) in [6, 6.07) is 13.6. The summed E-state index contributed by atoms with van der Waals surface area (Å²) >= 11 is 0. The molecule has 1 aromatic heterocycles. The molecule has 1 N–H and O–H groups in total. The molecule has 3 aromatic rings. The van der Waals surface area contributed by atoms with E-state index >= 15 is 0 Å². The van der Waals surface area contributed by atoms with E-state index in [2.05, 4.69) is 20.1 Å². The summed E-state index contributed by atoms with van der Waals surface area (Å²) in [5.41, 5.74) is 3.87. The number of hydrogen-bond donors (Lipinski definition) is 1. The minimum Gasteiger partial charge on any atom is -0.483 e. The maximum Gasteiger partial charge on any atom is 0.262 e. The standard InChI is InChI=1S/C23H26N4O2/c1-16-8-6-11-20(17(16)2)29-15-22(28)24-19-10-7-9-18(14-19)23-26-25-21-12-4-3-5-13-27(21)23/h6-11,14H,3-5,12-13,15H2,1-2H3,(H,24,28). The SMILES string of the molecule is Cc1cccc(OCC(=O)Nc2cccc(-c3nnc4n3CCCCC4)c2)c1C.